The Morgan fingerprint density at radius 2 is 1.85 bits per heavy atom. The average Bonchev–Trinajstić information content (AvgIpc) is 2.36. The second-order valence-electron chi connectivity index (χ2n) is 4.03. The van der Waals surface area contributed by atoms with Crippen LogP contribution in [0.15, 0.2) is 34.8 Å². The quantitative estimate of drug-likeness (QED) is 0.750. The molecule has 20 heavy (non-hydrogen) atoms. The Kier molecular flexibility index (Phi) is 3.89. The molecule has 0 aromatic heterocycles. The number of carbonyl (C=O) groups excluding carboxylic acids is 1. The number of nitrogens with two attached hydrogens (primary N) is 2. The average molecular weight is 342 g/mol. The molecule has 0 spiro atoms. The number of hydrogen-bond donors (Lipinski definition) is 3. The van der Waals surface area contributed by atoms with Crippen LogP contribution < -0.4 is 16.8 Å². The molecule has 2 aromatic rings. The Hall–Kier alpha value is -2.15. The van der Waals surface area contributed by atoms with Gasteiger partial charge in [-0.05, 0) is 46.3 Å². The van der Waals surface area contributed by atoms with Crippen molar-refractivity contribution in [1.29, 1.82) is 0 Å². The van der Waals surface area contributed by atoms with E-state index in [1.54, 1.807) is 0 Å². The fourth-order valence-electron chi connectivity index (χ4n) is 1.64. The van der Waals surface area contributed by atoms with Crippen LogP contribution in [0.5, 0.6) is 0 Å². The van der Waals surface area contributed by atoms with Crippen LogP contribution in [0.2, 0.25) is 0 Å². The number of benzene rings is 2. The molecule has 0 saturated heterocycles. The van der Waals surface area contributed by atoms with Crippen molar-refractivity contribution in [2.24, 2.45) is 5.73 Å². The van der Waals surface area contributed by atoms with Gasteiger partial charge < -0.3 is 16.8 Å². The number of nitrogens with one attached hydrogen (secondary N) is 1. The minimum atomic E-state index is -0.774. The van der Waals surface area contributed by atoms with Gasteiger partial charge in [-0.25, -0.2) is 8.78 Å². The normalized spacial score (nSPS) is 10.3. The van der Waals surface area contributed by atoms with E-state index in [4.69, 9.17) is 11.5 Å². The molecule has 5 N–H and O–H groups in total. The summed E-state index contributed by atoms with van der Waals surface area (Å²) in [5, 5.41) is 2.68. The van der Waals surface area contributed by atoms with Crippen molar-refractivity contribution in [3.8, 4) is 0 Å². The Balaban J connectivity index is 2.45. The number of halogens is 3. The summed E-state index contributed by atoms with van der Waals surface area (Å²) in [6.07, 6.45) is 0. The maximum atomic E-state index is 13.8. The maximum absolute atomic E-state index is 13.8. The van der Waals surface area contributed by atoms with Gasteiger partial charge in [-0.2, -0.15) is 0 Å². The lowest BCUT2D eigenvalue weighted by atomic mass is 10.1. The molecule has 0 aliphatic carbocycles. The highest BCUT2D eigenvalue weighted by molar-refractivity contribution is 9.10. The molecule has 0 heterocycles. The Bertz CT molecular complexity index is 692. The molecule has 0 atom stereocenters. The first-order chi connectivity index (χ1) is 9.38. The van der Waals surface area contributed by atoms with Crippen molar-refractivity contribution >= 4 is 38.9 Å². The summed E-state index contributed by atoms with van der Waals surface area (Å²) in [6.45, 7) is 0. The summed E-state index contributed by atoms with van der Waals surface area (Å²) in [7, 11) is 0. The van der Waals surface area contributed by atoms with Crippen molar-refractivity contribution in [3.63, 3.8) is 0 Å². The van der Waals surface area contributed by atoms with Crippen LogP contribution in [0.25, 0.3) is 0 Å². The van der Waals surface area contributed by atoms with Crippen molar-refractivity contribution in [2.45, 2.75) is 0 Å². The highest BCUT2D eigenvalue weighted by atomic mass is 79.9. The van der Waals surface area contributed by atoms with Gasteiger partial charge in [0.2, 0.25) is 0 Å². The van der Waals surface area contributed by atoms with Crippen LogP contribution in [0.4, 0.5) is 25.8 Å². The maximum Gasteiger partial charge on any atom is 0.250 e. The number of primary amides is 1. The molecule has 0 aliphatic heterocycles. The number of nitrogen functional groups attached to an aromatic ring is 1. The second kappa shape index (κ2) is 5.46. The largest absolute Gasteiger partial charge is 0.398 e. The smallest absolute Gasteiger partial charge is 0.250 e. The lowest BCUT2D eigenvalue weighted by molar-refractivity contribution is 0.100. The molecular formula is C13H10BrF2N3O. The van der Waals surface area contributed by atoms with Crippen molar-refractivity contribution in [1.82, 2.24) is 0 Å². The van der Waals surface area contributed by atoms with E-state index >= 15 is 0 Å². The number of carbonyl (C=O) groups is 1. The van der Waals surface area contributed by atoms with Crippen LogP contribution >= 0.6 is 15.9 Å². The van der Waals surface area contributed by atoms with Gasteiger partial charge in [-0.1, -0.05) is 0 Å². The predicted octanol–water partition coefficient (Wildman–Crippen LogP) is 3.15. The van der Waals surface area contributed by atoms with Crippen molar-refractivity contribution in [2.75, 3.05) is 11.1 Å². The van der Waals surface area contributed by atoms with Gasteiger partial charge in [0.1, 0.15) is 11.6 Å². The van der Waals surface area contributed by atoms with Gasteiger partial charge in [0, 0.05) is 10.2 Å². The van der Waals surface area contributed by atoms with Gasteiger partial charge in [0.05, 0.1) is 16.9 Å². The van der Waals surface area contributed by atoms with Gasteiger partial charge in [0.15, 0.2) is 0 Å². The molecule has 1 amide bonds. The summed E-state index contributed by atoms with van der Waals surface area (Å²) in [6, 6.07) is 6.08. The van der Waals surface area contributed by atoms with Crippen LogP contribution in [0, 0.1) is 11.6 Å². The van der Waals surface area contributed by atoms with Gasteiger partial charge >= 0.3 is 0 Å². The fraction of sp³-hybridized carbons (Fsp3) is 0. The first-order valence-electron chi connectivity index (χ1n) is 5.49. The zero-order valence-corrected chi connectivity index (χ0v) is 11.7. The van der Waals surface area contributed by atoms with Crippen molar-refractivity contribution in [3.05, 3.63) is 52.0 Å². The first kappa shape index (κ1) is 14.3. The molecule has 0 aliphatic rings. The van der Waals surface area contributed by atoms with E-state index in [0.717, 1.165) is 6.07 Å². The third kappa shape index (κ3) is 2.88. The highest BCUT2D eigenvalue weighted by Gasteiger charge is 2.13. The topological polar surface area (TPSA) is 81.1 Å². The molecule has 4 nitrogen and oxygen atoms in total. The van der Waals surface area contributed by atoms with E-state index < -0.39 is 17.5 Å². The standard InChI is InChI=1S/C13H10BrF2N3O/c14-8-2-1-6(15)3-11(8)19-12-4-7(13(18)20)10(17)5-9(12)16/h1-5,19H,17H2,(H2,18,20). The van der Waals surface area contributed by atoms with E-state index in [1.165, 1.54) is 24.3 Å². The van der Waals surface area contributed by atoms with E-state index in [2.05, 4.69) is 21.2 Å². The zero-order chi connectivity index (χ0) is 14.9. The third-order valence-electron chi connectivity index (χ3n) is 2.60. The van der Waals surface area contributed by atoms with Gasteiger partial charge in [-0.15, -0.1) is 0 Å². The summed E-state index contributed by atoms with van der Waals surface area (Å²) < 4.78 is 27.5. The molecule has 2 rings (SSSR count). The van der Waals surface area contributed by atoms with Crippen LogP contribution in [-0.2, 0) is 0 Å². The lowest BCUT2D eigenvalue weighted by Crippen LogP contribution is -2.14. The monoisotopic (exact) mass is 341 g/mol. The predicted molar refractivity (Wildman–Crippen MR) is 76.7 cm³/mol. The van der Waals surface area contributed by atoms with E-state index in [1.807, 2.05) is 0 Å². The zero-order valence-electron chi connectivity index (χ0n) is 10.1. The molecule has 0 radical (unpaired) electrons. The minimum Gasteiger partial charge on any atom is -0.398 e. The van der Waals surface area contributed by atoms with E-state index in [0.29, 0.717) is 10.2 Å². The molecule has 0 unspecified atom stereocenters. The summed E-state index contributed by atoms with van der Waals surface area (Å²) in [4.78, 5) is 11.2. The molecule has 7 heteroatoms. The van der Waals surface area contributed by atoms with Gasteiger partial charge in [0.25, 0.3) is 5.91 Å². The number of hydrogen-bond acceptors (Lipinski definition) is 3. The molecule has 2 aromatic carbocycles. The Morgan fingerprint density at radius 1 is 1.15 bits per heavy atom. The molecule has 0 bridgehead atoms. The number of rotatable bonds is 3. The van der Waals surface area contributed by atoms with Crippen LogP contribution in [0.3, 0.4) is 0 Å². The Labute approximate surface area is 121 Å². The number of anilines is 3. The molecule has 0 saturated carbocycles. The first-order valence-corrected chi connectivity index (χ1v) is 6.28. The minimum absolute atomic E-state index is 0.0126. The third-order valence-corrected chi connectivity index (χ3v) is 3.29. The van der Waals surface area contributed by atoms with E-state index in [9.17, 15) is 13.6 Å². The highest BCUT2D eigenvalue weighted by Crippen LogP contribution is 2.29. The van der Waals surface area contributed by atoms with Crippen LogP contribution in [-0.4, -0.2) is 5.91 Å². The summed E-state index contributed by atoms with van der Waals surface area (Å²) in [5.74, 6) is -1.94. The Morgan fingerprint density at radius 3 is 2.50 bits per heavy atom. The van der Waals surface area contributed by atoms with Crippen molar-refractivity contribution < 1.29 is 13.6 Å². The lowest BCUT2D eigenvalue weighted by Gasteiger charge is -2.12. The summed E-state index contributed by atoms with van der Waals surface area (Å²) in [5.41, 5.74) is 10.9. The second-order valence-corrected chi connectivity index (χ2v) is 4.89. The molecule has 104 valence electrons. The SMILES string of the molecule is NC(=O)c1cc(Nc2cc(F)ccc2Br)c(F)cc1N. The van der Waals surface area contributed by atoms with Gasteiger partial charge in [-0.3, -0.25) is 4.79 Å². The number of amides is 1. The molecule has 0 fully saturated rings. The van der Waals surface area contributed by atoms with E-state index in [-0.39, 0.29) is 16.9 Å². The fourth-order valence-corrected chi connectivity index (χ4v) is 1.98. The summed E-state index contributed by atoms with van der Waals surface area (Å²) >= 11 is 3.21. The molecular weight excluding hydrogens is 332 g/mol. The van der Waals surface area contributed by atoms with Crippen LogP contribution in [0.1, 0.15) is 10.4 Å².